The van der Waals surface area contributed by atoms with Gasteiger partial charge in [-0.05, 0) is 71.8 Å². The molecule has 0 aliphatic carbocycles. The number of rotatable bonds is 14. The van der Waals surface area contributed by atoms with E-state index in [-0.39, 0.29) is 17.4 Å². The first-order valence-electron chi connectivity index (χ1n) is 15.3. The molecular weight excluding hydrogens is 639 g/mol. The zero-order valence-corrected chi connectivity index (χ0v) is 27.8. The van der Waals surface area contributed by atoms with Gasteiger partial charge in [0.15, 0.2) is 0 Å². The molecule has 5 aromatic carbocycles. The van der Waals surface area contributed by atoms with Crippen LogP contribution in [0.3, 0.4) is 0 Å². The van der Waals surface area contributed by atoms with Crippen LogP contribution in [-0.4, -0.2) is 37.7 Å². The number of amides is 3. The zero-order valence-electron chi connectivity index (χ0n) is 27.0. The summed E-state index contributed by atoms with van der Waals surface area (Å²) in [7, 11) is 3.08. The topological polar surface area (TPSA) is 115 Å². The third kappa shape index (κ3) is 10.2. The number of benzene rings is 5. The van der Waals surface area contributed by atoms with Gasteiger partial charge in [-0.15, -0.1) is 11.8 Å². The molecule has 49 heavy (non-hydrogen) atoms. The summed E-state index contributed by atoms with van der Waals surface area (Å²) in [6, 6.07) is 38.0. The van der Waals surface area contributed by atoms with Gasteiger partial charge in [-0.2, -0.15) is 0 Å². The second-order valence-electron chi connectivity index (χ2n) is 10.6. The molecule has 3 N–H and O–H groups in total. The van der Waals surface area contributed by atoms with Crippen molar-refractivity contribution in [3.8, 4) is 17.2 Å². The highest BCUT2D eigenvalue weighted by atomic mass is 32.2. The molecule has 0 spiro atoms. The van der Waals surface area contributed by atoms with Gasteiger partial charge in [-0.25, -0.2) is 0 Å². The molecule has 0 aliphatic rings. The van der Waals surface area contributed by atoms with Gasteiger partial charge in [0.25, 0.3) is 11.8 Å². The first-order valence-corrected chi connectivity index (χ1v) is 16.3. The minimum Gasteiger partial charge on any atom is -0.497 e. The van der Waals surface area contributed by atoms with E-state index in [4.69, 9.17) is 14.2 Å². The Bertz CT molecular complexity index is 1920. The number of carbonyl (C=O) groups is 3. The van der Waals surface area contributed by atoms with E-state index >= 15 is 0 Å². The van der Waals surface area contributed by atoms with Crippen molar-refractivity contribution in [2.24, 2.45) is 0 Å². The highest BCUT2D eigenvalue weighted by Crippen LogP contribution is 2.30. The van der Waals surface area contributed by atoms with Gasteiger partial charge < -0.3 is 30.2 Å². The van der Waals surface area contributed by atoms with Gasteiger partial charge in [0.2, 0.25) is 5.91 Å². The molecule has 0 aromatic heterocycles. The van der Waals surface area contributed by atoms with Gasteiger partial charge in [0.05, 0.1) is 25.7 Å². The average molecular weight is 674 g/mol. The summed E-state index contributed by atoms with van der Waals surface area (Å²) in [6.07, 6.45) is 1.60. The minimum atomic E-state index is -0.514. The van der Waals surface area contributed by atoms with Gasteiger partial charge in [-0.1, -0.05) is 66.7 Å². The molecule has 5 rings (SSSR count). The lowest BCUT2D eigenvalue weighted by Crippen LogP contribution is -2.30. The summed E-state index contributed by atoms with van der Waals surface area (Å²) < 4.78 is 16.5. The number of anilines is 2. The van der Waals surface area contributed by atoms with Crippen LogP contribution < -0.4 is 30.2 Å². The van der Waals surface area contributed by atoms with Crippen LogP contribution in [0.15, 0.2) is 138 Å². The van der Waals surface area contributed by atoms with Crippen LogP contribution in [0, 0.1) is 0 Å². The van der Waals surface area contributed by atoms with Gasteiger partial charge in [-0.3, -0.25) is 14.4 Å². The van der Waals surface area contributed by atoms with Crippen LogP contribution in [0.4, 0.5) is 11.4 Å². The summed E-state index contributed by atoms with van der Waals surface area (Å²) in [5.74, 6) is 0.727. The molecule has 0 saturated heterocycles. The van der Waals surface area contributed by atoms with E-state index in [0.29, 0.717) is 46.4 Å². The Morgan fingerprint density at radius 3 is 2.14 bits per heavy atom. The minimum absolute atomic E-state index is 0.0534. The monoisotopic (exact) mass is 673 g/mol. The molecule has 5 aromatic rings. The highest BCUT2D eigenvalue weighted by Gasteiger charge is 2.16. The number of thioether (sulfide) groups is 1. The van der Waals surface area contributed by atoms with Crippen LogP contribution in [0.25, 0.3) is 6.08 Å². The molecule has 0 radical (unpaired) electrons. The first-order chi connectivity index (χ1) is 23.9. The van der Waals surface area contributed by atoms with Crippen molar-refractivity contribution < 1.29 is 28.6 Å². The molecule has 0 unspecified atom stereocenters. The third-order valence-electron chi connectivity index (χ3n) is 7.11. The zero-order chi connectivity index (χ0) is 34.4. The quantitative estimate of drug-likeness (QED) is 0.0830. The van der Waals surface area contributed by atoms with Crippen molar-refractivity contribution in [2.45, 2.75) is 11.5 Å². The largest absolute Gasteiger partial charge is 0.497 e. The average Bonchev–Trinajstić information content (AvgIpc) is 3.14. The van der Waals surface area contributed by atoms with Crippen molar-refractivity contribution in [1.29, 1.82) is 0 Å². The molecule has 10 heteroatoms. The molecule has 248 valence electrons. The second kappa shape index (κ2) is 17.2. The fourth-order valence-corrected chi connectivity index (χ4v) is 5.36. The van der Waals surface area contributed by atoms with E-state index in [0.717, 1.165) is 10.5 Å². The standard InChI is InChI=1S/C39H35N3O6S/c1-46-32-20-21-34(36(24-32)47-2)41-37(43)26-49-33-15-9-14-30(23-33)40-39(45)35(42-38(44)29-12-7-4-8-13-29)22-27-16-18-31(19-17-27)48-25-28-10-5-3-6-11-28/h3-24H,25-26H2,1-2H3,(H,40,45)(H,41,43)(H,42,44)/b35-22-. The molecule has 0 saturated carbocycles. The van der Waals surface area contributed by atoms with Crippen molar-refractivity contribution in [1.82, 2.24) is 5.32 Å². The predicted molar refractivity (Wildman–Crippen MR) is 193 cm³/mol. The maximum atomic E-state index is 13.6. The van der Waals surface area contributed by atoms with Gasteiger partial charge in [0, 0.05) is 22.2 Å². The van der Waals surface area contributed by atoms with Crippen molar-refractivity contribution >= 4 is 46.9 Å². The molecule has 3 amide bonds. The SMILES string of the molecule is COc1ccc(NC(=O)CSc2cccc(NC(=O)/C(=C/c3ccc(OCc4ccccc4)cc3)NC(=O)c3ccccc3)c2)c(OC)c1. The van der Waals surface area contributed by atoms with Crippen molar-refractivity contribution in [3.63, 3.8) is 0 Å². The summed E-state index contributed by atoms with van der Waals surface area (Å²) in [4.78, 5) is 40.2. The Labute approximate surface area is 289 Å². The Kier molecular flexibility index (Phi) is 12.1. The van der Waals surface area contributed by atoms with E-state index in [2.05, 4.69) is 16.0 Å². The Balaban J connectivity index is 1.26. The van der Waals surface area contributed by atoms with Gasteiger partial charge >= 0.3 is 0 Å². The number of ether oxygens (including phenoxy) is 3. The number of carbonyl (C=O) groups excluding carboxylic acids is 3. The van der Waals surface area contributed by atoms with Gasteiger partial charge in [0.1, 0.15) is 29.6 Å². The molecule has 0 fully saturated rings. The Hall–Kier alpha value is -6.00. The number of methoxy groups -OCH3 is 2. The van der Waals surface area contributed by atoms with Crippen molar-refractivity contribution in [3.05, 3.63) is 150 Å². The normalized spacial score (nSPS) is 10.9. The smallest absolute Gasteiger partial charge is 0.272 e. The lowest BCUT2D eigenvalue weighted by atomic mass is 10.1. The molecular formula is C39H35N3O6S. The fraction of sp³-hybridized carbons (Fsp3) is 0.103. The van der Waals surface area contributed by atoms with E-state index in [9.17, 15) is 14.4 Å². The van der Waals surface area contributed by atoms with Crippen LogP contribution >= 0.6 is 11.8 Å². The molecule has 9 nitrogen and oxygen atoms in total. The summed E-state index contributed by atoms with van der Waals surface area (Å²) in [5.41, 5.74) is 3.23. The second-order valence-corrected chi connectivity index (χ2v) is 11.7. The maximum absolute atomic E-state index is 13.6. The Morgan fingerprint density at radius 1 is 0.714 bits per heavy atom. The highest BCUT2D eigenvalue weighted by molar-refractivity contribution is 8.00. The molecule has 0 atom stereocenters. The van der Waals surface area contributed by atoms with E-state index in [1.165, 1.54) is 18.9 Å². The maximum Gasteiger partial charge on any atom is 0.272 e. The van der Waals surface area contributed by atoms with E-state index < -0.39 is 11.8 Å². The number of hydrogen-bond acceptors (Lipinski definition) is 7. The summed E-state index contributed by atoms with van der Waals surface area (Å²) in [5, 5.41) is 8.49. The summed E-state index contributed by atoms with van der Waals surface area (Å²) in [6.45, 7) is 0.427. The van der Waals surface area contributed by atoms with E-state index in [1.807, 2.05) is 66.7 Å². The van der Waals surface area contributed by atoms with Crippen molar-refractivity contribution in [2.75, 3.05) is 30.6 Å². The Morgan fingerprint density at radius 2 is 1.43 bits per heavy atom. The molecule has 0 aliphatic heterocycles. The predicted octanol–water partition coefficient (Wildman–Crippen LogP) is 7.42. The number of nitrogens with one attached hydrogen (secondary N) is 3. The third-order valence-corrected chi connectivity index (χ3v) is 8.11. The van der Waals surface area contributed by atoms with Crippen LogP contribution in [0.5, 0.6) is 17.2 Å². The van der Waals surface area contributed by atoms with Crippen LogP contribution in [-0.2, 0) is 16.2 Å². The fourth-order valence-electron chi connectivity index (χ4n) is 4.61. The van der Waals surface area contributed by atoms with E-state index in [1.54, 1.807) is 73.8 Å². The first kappa shape index (κ1) is 34.3. The summed E-state index contributed by atoms with van der Waals surface area (Å²) >= 11 is 1.31. The molecule has 0 bridgehead atoms. The van der Waals surface area contributed by atoms with Crippen LogP contribution in [0.1, 0.15) is 21.5 Å². The number of hydrogen-bond donors (Lipinski definition) is 3. The lowest BCUT2D eigenvalue weighted by molar-refractivity contribution is -0.114. The lowest BCUT2D eigenvalue weighted by Gasteiger charge is -2.13. The molecule has 0 heterocycles. The van der Waals surface area contributed by atoms with Crippen LogP contribution in [0.2, 0.25) is 0 Å².